The molecule has 0 N–H and O–H groups in total. The van der Waals surface area contributed by atoms with Crippen LogP contribution in [0.4, 0.5) is 11.6 Å². The van der Waals surface area contributed by atoms with Crippen LogP contribution in [-0.2, 0) is 6.54 Å². The Morgan fingerprint density at radius 1 is 1.06 bits per heavy atom. The lowest BCUT2D eigenvalue weighted by molar-refractivity contribution is -0.389. The third-order valence-corrected chi connectivity index (χ3v) is 5.47. The topological polar surface area (TPSA) is 106 Å². The third-order valence-electron chi connectivity index (χ3n) is 5.47. The van der Waals surface area contributed by atoms with Crippen molar-refractivity contribution in [1.82, 2.24) is 24.4 Å². The molecule has 4 heterocycles. The standard InChI is InChI=1S/C21H21N7O3/c1-15-5-7-16(8-6-15)19-23-18(31-24-19)14-25-10-12-26(13-11-25)20-21(28(29)30)27-9-3-2-4-17(27)22-20/h2-9H,10-14H2,1H3. The summed E-state index contributed by atoms with van der Waals surface area (Å²) in [5.74, 6) is 1.55. The minimum Gasteiger partial charge on any atom is -0.358 e. The summed E-state index contributed by atoms with van der Waals surface area (Å²) < 4.78 is 6.95. The van der Waals surface area contributed by atoms with Gasteiger partial charge < -0.3 is 19.5 Å². The highest BCUT2D eigenvalue weighted by Crippen LogP contribution is 2.29. The molecular formula is C21H21N7O3. The number of aromatic nitrogens is 4. The van der Waals surface area contributed by atoms with Crippen LogP contribution in [0.1, 0.15) is 11.5 Å². The van der Waals surface area contributed by atoms with E-state index in [2.05, 4.69) is 20.0 Å². The van der Waals surface area contributed by atoms with Gasteiger partial charge in [-0.2, -0.15) is 14.4 Å². The Hall–Kier alpha value is -3.79. The average molecular weight is 419 g/mol. The van der Waals surface area contributed by atoms with Gasteiger partial charge in [0.2, 0.25) is 23.2 Å². The quantitative estimate of drug-likeness (QED) is 0.359. The molecule has 3 aromatic heterocycles. The number of hydrogen-bond acceptors (Lipinski definition) is 8. The lowest BCUT2D eigenvalue weighted by Crippen LogP contribution is -2.46. The van der Waals surface area contributed by atoms with Crippen molar-refractivity contribution in [3.8, 4) is 11.4 Å². The maximum Gasteiger partial charge on any atom is 0.372 e. The normalized spacial score (nSPS) is 14.9. The molecule has 0 radical (unpaired) electrons. The van der Waals surface area contributed by atoms with Crippen LogP contribution < -0.4 is 4.90 Å². The molecule has 4 aromatic rings. The molecule has 10 nitrogen and oxygen atoms in total. The lowest BCUT2D eigenvalue weighted by atomic mass is 10.1. The van der Waals surface area contributed by atoms with Crippen molar-refractivity contribution in [2.24, 2.45) is 0 Å². The predicted molar refractivity (Wildman–Crippen MR) is 114 cm³/mol. The van der Waals surface area contributed by atoms with Crippen molar-refractivity contribution in [1.29, 1.82) is 0 Å². The van der Waals surface area contributed by atoms with Gasteiger partial charge in [0.25, 0.3) is 0 Å². The number of aryl methyl sites for hydroxylation is 1. The molecule has 1 fully saturated rings. The monoisotopic (exact) mass is 419 g/mol. The second-order valence-electron chi connectivity index (χ2n) is 7.59. The van der Waals surface area contributed by atoms with E-state index in [1.165, 1.54) is 9.96 Å². The maximum absolute atomic E-state index is 11.7. The van der Waals surface area contributed by atoms with Gasteiger partial charge in [0.15, 0.2) is 0 Å². The Balaban J connectivity index is 1.26. The van der Waals surface area contributed by atoms with E-state index >= 15 is 0 Å². The summed E-state index contributed by atoms with van der Waals surface area (Å²) in [6.45, 7) is 5.26. The minimum atomic E-state index is -0.368. The largest absolute Gasteiger partial charge is 0.372 e. The first-order chi connectivity index (χ1) is 15.1. The second kappa shape index (κ2) is 7.80. The van der Waals surface area contributed by atoms with Crippen LogP contribution in [0.25, 0.3) is 17.0 Å². The van der Waals surface area contributed by atoms with Gasteiger partial charge in [-0.3, -0.25) is 4.90 Å². The number of anilines is 1. The Labute approximate surface area is 177 Å². The van der Waals surface area contributed by atoms with Gasteiger partial charge in [-0.15, -0.1) is 0 Å². The van der Waals surface area contributed by atoms with Crippen molar-refractivity contribution in [2.45, 2.75) is 13.5 Å². The van der Waals surface area contributed by atoms with Crippen molar-refractivity contribution in [3.05, 3.63) is 70.2 Å². The highest BCUT2D eigenvalue weighted by atomic mass is 16.6. The van der Waals surface area contributed by atoms with E-state index in [4.69, 9.17) is 4.52 Å². The molecule has 10 heteroatoms. The summed E-state index contributed by atoms with van der Waals surface area (Å²) in [4.78, 5) is 24.5. The van der Waals surface area contributed by atoms with Crippen LogP contribution in [-0.4, -0.2) is 55.5 Å². The summed E-state index contributed by atoms with van der Waals surface area (Å²) in [7, 11) is 0. The highest BCUT2D eigenvalue weighted by Gasteiger charge is 2.29. The number of fused-ring (bicyclic) bond motifs is 1. The summed E-state index contributed by atoms with van der Waals surface area (Å²) in [5.41, 5.74) is 2.67. The van der Waals surface area contributed by atoms with E-state index in [0.717, 1.165) is 5.56 Å². The van der Waals surface area contributed by atoms with E-state index in [1.807, 2.05) is 42.2 Å². The minimum absolute atomic E-state index is 0.00342. The average Bonchev–Trinajstić information content (AvgIpc) is 3.39. The summed E-state index contributed by atoms with van der Waals surface area (Å²) >= 11 is 0. The van der Waals surface area contributed by atoms with Crippen molar-refractivity contribution < 1.29 is 9.45 Å². The number of hydrogen-bond donors (Lipinski definition) is 0. The lowest BCUT2D eigenvalue weighted by Gasteiger charge is -2.33. The fourth-order valence-electron chi connectivity index (χ4n) is 3.80. The van der Waals surface area contributed by atoms with Gasteiger partial charge in [0, 0.05) is 37.8 Å². The van der Waals surface area contributed by atoms with Crippen molar-refractivity contribution in [3.63, 3.8) is 0 Å². The predicted octanol–water partition coefficient (Wildman–Crippen LogP) is 2.92. The van der Waals surface area contributed by atoms with Crippen LogP contribution in [0, 0.1) is 17.0 Å². The second-order valence-corrected chi connectivity index (χ2v) is 7.59. The van der Waals surface area contributed by atoms with Crippen molar-refractivity contribution in [2.75, 3.05) is 31.1 Å². The Kier molecular flexibility index (Phi) is 4.83. The molecule has 0 amide bonds. The van der Waals surface area contributed by atoms with E-state index in [1.54, 1.807) is 18.3 Å². The van der Waals surface area contributed by atoms with Crippen LogP contribution >= 0.6 is 0 Å². The molecule has 31 heavy (non-hydrogen) atoms. The number of nitrogens with zero attached hydrogens (tertiary/aromatic N) is 7. The van der Waals surface area contributed by atoms with Gasteiger partial charge in [0.1, 0.15) is 0 Å². The van der Waals surface area contributed by atoms with E-state index in [9.17, 15) is 10.1 Å². The molecule has 0 spiro atoms. The first kappa shape index (κ1) is 19.2. The first-order valence-corrected chi connectivity index (χ1v) is 10.1. The molecule has 5 rings (SSSR count). The van der Waals surface area contributed by atoms with Gasteiger partial charge in [-0.05, 0) is 17.9 Å². The molecule has 0 unspecified atom stereocenters. The van der Waals surface area contributed by atoms with Crippen molar-refractivity contribution >= 4 is 17.3 Å². The Morgan fingerprint density at radius 2 is 1.84 bits per heavy atom. The molecule has 0 bridgehead atoms. The molecule has 1 saturated heterocycles. The number of pyridine rings is 1. The van der Waals surface area contributed by atoms with E-state index in [-0.39, 0.29) is 10.7 Å². The molecule has 1 aliphatic rings. The van der Waals surface area contributed by atoms with Gasteiger partial charge >= 0.3 is 5.82 Å². The van der Waals surface area contributed by atoms with Gasteiger partial charge in [-0.25, -0.2) is 0 Å². The Morgan fingerprint density at radius 3 is 2.58 bits per heavy atom. The number of rotatable bonds is 5. The van der Waals surface area contributed by atoms with Gasteiger partial charge in [-0.1, -0.05) is 41.1 Å². The fourth-order valence-corrected chi connectivity index (χ4v) is 3.80. The summed E-state index contributed by atoms with van der Waals surface area (Å²) in [6, 6.07) is 13.3. The van der Waals surface area contributed by atoms with Gasteiger partial charge in [0.05, 0.1) is 12.7 Å². The van der Waals surface area contributed by atoms with Crippen LogP contribution in [0.2, 0.25) is 0 Å². The molecule has 0 aliphatic carbocycles. The van der Waals surface area contributed by atoms with Crippen LogP contribution in [0.5, 0.6) is 0 Å². The number of imidazole rings is 1. The number of piperazine rings is 1. The molecular weight excluding hydrogens is 398 g/mol. The molecule has 0 atom stereocenters. The summed E-state index contributed by atoms with van der Waals surface area (Å²) in [6.07, 6.45) is 1.67. The highest BCUT2D eigenvalue weighted by molar-refractivity contribution is 5.63. The fraction of sp³-hybridized carbons (Fsp3) is 0.286. The summed E-state index contributed by atoms with van der Waals surface area (Å²) in [5, 5.41) is 15.8. The Bertz CT molecular complexity index is 1220. The zero-order chi connectivity index (χ0) is 21.4. The van der Waals surface area contributed by atoms with E-state index in [0.29, 0.717) is 55.9 Å². The van der Waals surface area contributed by atoms with Crippen LogP contribution in [0.3, 0.4) is 0 Å². The smallest absolute Gasteiger partial charge is 0.358 e. The first-order valence-electron chi connectivity index (χ1n) is 10.1. The molecule has 158 valence electrons. The maximum atomic E-state index is 11.7. The third kappa shape index (κ3) is 3.73. The van der Waals surface area contributed by atoms with E-state index < -0.39 is 0 Å². The number of benzene rings is 1. The van der Waals surface area contributed by atoms with Crippen LogP contribution in [0.15, 0.2) is 53.2 Å². The molecule has 1 aliphatic heterocycles. The number of nitro groups is 1. The zero-order valence-electron chi connectivity index (χ0n) is 17.0. The SMILES string of the molecule is Cc1ccc(-c2noc(CN3CCN(c4nc5ccccn5c4[N+](=O)[O-])CC3)n2)cc1. The zero-order valence-corrected chi connectivity index (χ0v) is 17.0. The molecule has 1 aromatic carbocycles. The molecule has 0 saturated carbocycles.